The summed E-state index contributed by atoms with van der Waals surface area (Å²) >= 11 is 0. The summed E-state index contributed by atoms with van der Waals surface area (Å²) in [6, 6.07) is 21.9. The van der Waals surface area contributed by atoms with Gasteiger partial charge in [-0.05, 0) is 37.1 Å². The molecule has 1 aliphatic heterocycles. The van der Waals surface area contributed by atoms with Gasteiger partial charge in [-0.25, -0.2) is 0 Å². The first kappa shape index (κ1) is 12.4. The molecule has 1 saturated heterocycles. The molecule has 1 heterocycles. The quantitative estimate of drug-likeness (QED) is 0.802. The Hall–Kier alpha value is -1.60. The van der Waals surface area contributed by atoms with Crippen molar-refractivity contribution in [3.05, 3.63) is 71.8 Å². The minimum absolute atomic E-state index is 0.535. The summed E-state index contributed by atoms with van der Waals surface area (Å²) in [6.07, 6.45) is 1.30. The van der Waals surface area contributed by atoms with Crippen LogP contribution in [0.15, 0.2) is 60.7 Å². The van der Waals surface area contributed by atoms with Crippen molar-refractivity contribution in [1.29, 1.82) is 0 Å². The predicted molar refractivity (Wildman–Crippen MR) is 80.3 cm³/mol. The van der Waals surface area contributed by atoms with Gasteiger partial charge in [-0.15, -0.1) is 0 Å². The van der Waals surface area contributed by atoms with Crippen molar-refractivity contribution in [2.75, 3.05) is 20.1 Å². The molecule has 2 aromatic rings. The number of hydrogen-bond donors (Lipinski definition) is 0. The van der Waals surface area contributed by atoms with Crippen LogP contribution in [0.3, 0.4) is 0 Å². The Kier molecular flexibility index (Phi) is 3.65. The van der Waals surface area contributed by atoms with Gasteiger partial charge in [-0.2, -0.15) is 0 Å². The Bertz CT molecular complexity index is 466. The molecule has 0 bridgehead atoms. The topological polar surface area (TPSA) is 3.24 Å². The Morgan fingerprint density at radius 2 is 1.42 bits per heavy atom. The lowest BCUT2D eigenvalue weighted by molar-refractivity contribution is 0.383. The van der Waals surface area contributed by atoms with E-state index >= 15 is 0 Å². The molecule has 0 N–H and O–H groups in total. The average molecular weight is 251 g/mol. The Morgan fingerprint density at radius 1 is 0.895 bits per heavy atom. The van der Waals surface area contributed by atoms with Gasteiger partial charge >= 0.3 is 0 Å². The number of benzene rings is 2. The zero-order valence-electron chi connectivity index (χ0n) is 11.5. The van der Waals surface area contributed by atoms with E-state index in [1.165, 1.54) is 30.6 Å². The van der Waals surface area contributed by atoms with Crippen LogP contribution in [0, 0.1) is 5.92 Å². The van der Waals surface area contributed by atoms with Gasteiger partial charge < -0.3 is 4.90 Å². The van der Waals surface area contributed by atoms with Crippen LogP contribution < -0.4 is 0 Å². The highest BCUT2D eigenvalue weighted by atomic mass is 15.1. The Balaban J connectivity index is 1.97. The zero-order valence-corrected chi connectivity index (χ0v) is 11.5. The van der Waals surface area contributed by atoms with Gasteiger partial charge in [0, 0.05) is 12.5 Å². The van der Waals surface area contributed by atoms with Crippen LogP contribution in [-0.2, 0) is 0 Å². The molecular formula is C18H21N. The lowest BCUT2D eigenvalue weighted by Gasteiger charge is -2.24. The zero-order chi connectivity index (χ0) is 13.1. The van der Waals surface area contributed by atoms with Gasteiger partial charge in [0.15, 0.2) is 0 Å². The highest BCUT2D eigenvalue weighted by Gasteiger charge is 2.29. The molecule has 0 aromatic heterocycles. The molecule has 0 amide bonds. The second-order valence-corrected chi connectivity index (χ2v) is 5.61. The van der Waals surface area contributed by atoms with Crippen molar-refractivity contribution in [3.8, 4) is 0 Å². The van der Waals surface area contributed by atoms with E-state index in [0.29, 0.717) is 5.92 Å². The van der Waals surface area contributed by atoms with E-state index in [9.17, 15) is 0 Å². The van der Waals surface area contributed by atoms with Crippen molar-refractivity contribution < 1.29 is 0 Å². The molecular weight excluding hydrogens is 230 g/mol. The first-order chi connectivity index (χ1) is 9.34. The molecule has 19 heavy (non-hydrogen) atoms. The normalized spacial score (nSPS) is 20.0. The van der Waals surface area contributed by atoms with Crippen LogP contribution >= 0.6 is 0 Å². The molecule has 0 spiro atoms. The van der Waals surface area contributed by atoms with Crippen LogP contribution in [0.25, 0.3) is 0 Å². The van der Waals surface area contributed by atoms with Gasteiger partial charge in [0.1, 0.15) is 0 Å². The second kappa shape index (κ2) is 5.58. The van der Waals surface area contributed by atoms with Crippen LogP contribution in [-0.4, -0.2) is 25.0 Å². The molecule has 98 valence electrons. The molecule has 0 aliphatic carbocycles. The number of likely N-dealkylation sites (tertiary alicyclic amines) is 1. The predicted octanol–water partition coefficient (Wildman–Crippen LogP) is 3.77. The van der Waals surface area contributed by atoms with Crippen molar-refractivity contribution >= 4 is 0 Å². The monoisotopic (exact) mass is 251 g/mol. The molecule has 1 aliphatic rings. The van der Waals surface area contributed by atoms with Gasteiger partial charge in [0.2, 0.25) is 0 Å². The highest BCUT2D eigenvalue weighted by Crippen LogP contribution is 2.36. The lowest BCUT2D eigenvalue weighted by Crippen LogP contribution is -2.19. The maximum absolute atomic E-state index is 2.45. The number of nitrogens with zero attached hydrogens (tertiary/aromatic N) is 1. The molecule has 1 atom stereocenters. The third kappa shape index (κ3) is 2.71. The fourth-order valence-corrected chi connectivity index (χ4v) is 3.30. The van der Waals surface area contributed by atoms with E-state index in [1.807, 2.05) is 0 Å². The fourth-order valence-electron chi connectivity index (χ4n) is 3.30. The molecule has 0 saturated carbocycles. The minimum atomic E-state index is 0.535. The standard InChI is InChI=1S/C18H21N/c1-19-13-12-17(14-19)18(15-8-4-2-5-9-15)16-10-6-3-7-11-16/h2-11,17-18H,12-14H2,1H3. The van der Waals surface area contributed by atoms with Gasteiger partial charge in [0.05, 0.1) is 0 Å². The van der Waals surface area contributed by atoms with Crippen molar-refractivity contribution in [1.82, 2.24) is 4.90 Å². The van der Waals surface area contributed by atoms with Crippen LogP contribution in [0.4, 0.5) is 0 Å². The summed E-state index contributed by atoms with van der Waals surface area (Å²) < 4.78 is 0. The van der Waals surface area contributed by atoms with Crippen LogP contribution in [0.1, 0.15) is 23.5 Å². The smallest absolute Gasteiger partial charge is 0.0130 e. The summed E-state index contributed by atoms with van der Waals surface area (Å²) in [5.41, 5.74) is 2.91. The van der Waals surface area contributed by atoms with E-state index in [1.54, 1.807) is 0 Å². The largest absolute Gasteiger partial charge is 0.306 e. The second-order valence-electron chi connectivity index (χ2n) is 5.61. The van der Waals surface area contributed by atoms with Gasteiger partial charge in [0.25, 0.3) is 0 Å². The summed E-state index contributed by atoms with van der Waals surface area (Å²) in [5, 5.41) is 0. The van der Waals surface area contributed by atoms with Crippen LogP contribution in [0.5, 0.6) is 0 Å². The van der Waals surface area contributed by atoms with E-state index in [-0.39, 0.29) is 0 Å². The molecule has 0 radical (unpaired) electrons. The fraction of sp³-hybridized carbons (Fsp3) is 0.333. The minimum Gasteiger partial charge on any atom is -0.306 e. The lowest BCUT2D eigenvalue weighted by atomic mass is 9.80. The summed E-state index contributed by atoms with van der Waals surface area (Å²) in [4.78, 5) is 2.45. The molecule has 1 fully saturated rings. The van der Waals surface area contributed by atoms with Gasteiger partial charge in [-0.3, -0.25) is 0 Å². The first-order valence-corrected chi connectivity index (χ1v) is 7.13. The maximum atomic E-state index is 2.45. The van der Waals surface area contributed by atoms with E-state index < -0.39 is 0 Å². The summed E-state index contributed by atoms with van der Waals surface area (Å²) in [6.45, 7) is 2.43. The highest BCUT2D eigenvalue weighted by molar-refractivity contribution is 5.33. The van der Waals surface area contributed by atoms with Crippen molar-refractivity contribution in [2.45, 2.75) is 12.3 Å². The molecule has 3 rings (SSSR count). The van der Waals surface area contributed by atoms with E-state index in [0.717, 1.165) is 5.92 Å². The van der Waals surface area contributed by atoms with Crippen molar-refractivity contribution in [3.63, 3.8) is 0 Å². The van der Waals surface area contributed by atoms with Crippen molar-refractivity contribution in [2.24, 2.45) is 5.92 Å². The van der Waals surface area contributed by atoms with E-state index in [4.69, 9.17) is 0 Å². The first-order valence-electron chi connectivity index (χ1n) is 7.13. The third-order valence-corrected chi connectivity index (χ3v) is 4.22. The Morgan fingerprint density at radius 3 is 1.84 bits per heavy atom. The SMILES string of the molecule is CN1CCC(C(c2ccccc2)c2ccccc2)C1. The molecule has 1 heteroatoms. The Labute approximate surface area is 115 Å². The molecule has 1 unspecified atom stereocenters. The van der Waals surface area contributed by atoms with Gasteiger partial charge in [-0.1, -0.05) is 60.7 Å². The summed E-state index contributed by atoms with van der Waals surface area (Å²) in [7, 11) is 2.23. The average Bonchev–Trinajstić information content (AvgIpc) is 2.88. The maximum Gasteiger partial charge on any atom is 0.0130 e. The number of rotatable bonds is 3. The molecule has 1 nitrogen and oxygen atoms in total. The number of hydrogen-bond acceptors (Lipinski definition) is 1. The third-order valence-electron chi connectivity index (χ3n) is 4.22. The van der Waals surface area contributed by atoms with E-state index in [2.05, 4.69) is 72.6 Å². The summed E-state index contributed by atoms with van der Waals surface area (Å²) in [5.74, 6) is 1.27. The van der Waals surface area contributed by atoms with Crippen LogP contribution in [0.2, 0.25) is 0 Å². The molecule has 2 aromatic carbocycles.